The summed E-state index contributed by atoms with van der Waals surface area (Å²) < 4.78 is -0.248. The summed E-state index contributed by atoms with van der Waals surface area (Å²) in [5.41, 5.74) is 0. The fraction of sp³-hybridized carbons (Fsp3) is 0.727. The number of hydrogen-bond acceptors (Lipinski definition) is 6. The van der Waals surface area contributed by atoms with Gasteiger partial charge in [0.1, 0.15) is 17.5 Å². The van der Waals surface area contributed by atoms with Crippen molar-refractivity contribution in [2.24, 2.45) is 0 Å². The van der Waals surface area contributed by atoms with Crippen molar-refractivity contribution < 1.29 is 9.59 Å². The lowest BCUT2D eigenvalue weighted by atomic mass is 9.95. The number of carbonyl (C=O) groups excluding carboxylic acids is 2. The van der Waals surface area contributed by atoms with Crippen molar-refractivity contribution in [2.45, 2.75) is 43.0 Å². The highest BCUT2D eigenvalue weighted by atomic mass is 32.2. The highest BCUT2D eigenvalue weighted by Gasteiger charge is 2.63. The maximum atomic E-state index is 12.4. The van der Waals surface area contributed by atoms with E-state index in [1.807, 2.05) is 20.8 Å². The fourth-order valence-corrected chi connectivity index (χ4v) is 4.43. The van der Waals surface area contributed by atoms with Gasteiger partial charge < -0.3 is 15.5 Å². The van der Waals surface area contributed by atoms with Crippen molar-refractivity contribution in [3.05, 3.63) is 5.82 Å². The molecule has 9 nitrogen and oxygen atoms in total. The summed E-state index contributed by atoms with van der Waals surface area (Å²) in [4.78, 5) is 25.7. The van der Waals surface area contributed by atoms with Gasteiger partial charge in [0, 0.05) is 11.3 Å². The zero-order chi connectivity index (χ0) is 15.2. The van der Waals surface area contributed by atoms with Crippen molar-refractivity contribution in [2.75, 3.05) is 6.54 Å². The van der Waals surface area contributed by atoms with Crippen molar-refractivity contribution in [1.82, 2.24) is 36.2 Å². The number of nitrogens with one attached hydrogen (secondary N) is 3. The molecule has 1 aromatic heterocycles. The van der Waals surface area contributed by atoms with E-state index < -0.39 is 6.04 Å². The van der Waals surface area contributed by atoms with Gasteiger partial charge in [0.05, 0.1) is 0 Å². The molecule has 114 valence electrons. The summed E-state index contributed by atoms with van der Waals surface area (Å²) in [5, 5.41) is 19.3. The number of rotatable bonds is 3. The third-order valence-electron chi connectivity index (χ3n) is 3.67. The first-order valence-electron chi connectivity index (χ1n) is 6.73. The predicted molar refractivity (Wildman–Crippen MR) is 75.2 cm³/mol. The molecule has 2 aliphatic rings. The van der Waals surface area contributed by atoms with Crippen molar-refractivity contribution in [1.29, 1.82) is 0 Å². The molecule has 0 bridgehead atoms. The van der Waals surface area contributed by atoms with Crippen molar-refractivity contribution >= 4 is 23.7 Å². The molecular formula is C11H17N7O2S. The molecule has 0 radical (unpaired) electrons. The Hall–Kier alpha value is -1.84. The molecule has 3 N–H and O–H groups in total. The van der Waals surface area contributed by atoms with Gasteiger partial charge in [-0.05, 0) is 20.8 Å². The van der Waals surface area contributed by atoms with Crippen LogP contribution in [0.3, 0.4) is 0 Å². The van der Waals surface area contributed by atoms with Gasteiger partial charge >= 0.3 is 6.03 Å². The Balaban J connectivity index is 1.78. The standard InChI is InChI=1S/C11H17N7O2S/c1-4-12-10(20)13-5-8(19)18-6(7-14-16-17-15-7)11(2,3)21-9(5)18/h5-6,9H,4H2,1-3H3,(H2,12,13,20)(H,14,15,16,17)/t5?,6?,9-/m1/s1. The minimum atomic E-state index is -0.502. The van der Waals surface area contributed by atoms with Gasteiger partial charge in [-0.25, -0.2) is 4.79 Å². The van der Waals surface area contributed by atoms with Crippen LogP contribution in [-0.4, -0.2) is 60.2 Å². The number of β-lactam (4-membered cyclic amide) rings is 1. The van der Waals surface area contributed by atoms with Gasteiger partial charge in [-0.1, -0.05) is 5.21 Å². The van der Waals surface area contributed by atoms with E-state index in [-0.39, 0.29) is 28.1 Å². The molecule has 3 rings (SSSR count). The molecule has 0 aromatic carbocycles. The Morgan fingerprint density at radius 2 is 2.29 bits per heavy atom. The average Bonchev–Trinajstić information content (AvgIpc) is 3.00. The molecule has 2 unspecified atom stereocenters. The van der Waals surface area contributed by atoms with Crippen LogP contribution in [0.25, 0.3) is 0 Å². The van der Waals surface area contributed by atoms with E-state index in [9.17, 15) is 9.59 Å². The van der Waals surface area contributed by atoms with E-state index in [0.29, 0.717) is 12.4 Å². The molecule has 2 fully saturated rings. The Bertz CT molecular complexity index is 561. The predicted octanol–water partition coefficient (Wildman–Crippen LogP) is -0.378. The molecule has 2 aliphatic heterocycles. The normalized spacial score (nSPS) is 29.8. The van der Waals surface area contributed by atoms with Crippen LogP contribution in [-0.2, 0) is 4.79 Å². The second-order valence-corrected chi connectivity index (χ2v) is 7.28. The molecular weight excluding hydrogens is 294 g/mol. The van der Waals surface area contributed by atoms with Gasteiger partial charge in [0.15, 0.2) is 5.82 Å². The lowest BCUT2D eigenvalue weighted by Gasteiger charge is -2.43. The number of carbonyl (C=O) groups is 2. The summed E-state index contributed by atoms with van der Waals surface area (Å²) in [6.07, 6.45) is 0. The molecule has 3 atom stereocenters. The van der Waals surface area contributed by atoms with Crippen LogP contribution in [0.5, 0.6) is 0 Å². The smallest absolute Gasteiger partial charge is 0.315 e. The Morgan fingerprint density at radius 1 is 1.52 bits per heavy atom. The van der Waals surface area contributed by atoms with E-state index in [1.165, 1.54) is 0 Å². The summed E-state index contributed by atoms with van der Waals surface area (Å²) in [5.74, 6) is 0.388. The van der Waals surface area contributed by atoms with Gasteiger partial charge in [-0.2, -0.15) is 5.21 Å². The lowest BCUT2D eigenvalue weighted by Crippen LogP contribution is -2.68. The third kappa shape index (κ3) is 2.13. The largest absolute Gasteiger partial charge is 0.338 e. The van der Waals surface area contributed by atoms with Crippen molar-refractivity contribution in [3.8, 4) is 0 Å². The Labute approximate surface area is 125 Å². The molecule has 3 amide bonds. The van der Waals surface area contributed by atoms with Crippen molar-refractivity contribution in [3.63, 3.8) is 0 Å². The highest BCUT2D eigenvalue weighted by Crippen LogP contribution is 2.56. The number of hydrogen-bond donors (Lipinski definition) is 3. The molecule has 3 heterocycles. The zero-order valence-electron chi connectivity index (χ0n) is 12.0. The number of aromatic nitrogens is 4. The van der Waals surface area contributed by atoms with Gasteiger partial charge in [0.2, 0.25) is 5.91 Å². The minimum absolute atomic E-state index is 0.0985. The average molecular weight is 311 g/mol. The second kappa shape index (κ2) is 4.86. The van der Waals surface area contributed by atoms with E-state index in [4.69, 9.17) is 0 Å². The first-order valence-corrected chi connectivity index (χ1v) is 7.61. The van der Waals surface area contributed by atoms with E-state index in [2.05, 4.69) is 31.3 Å². The maximum Gasteiger partial charge on any atom is 0.315 e. The monoisotopic (exact) mass is 311 g/mol. The number of H-pyrrole nitrogens is 1. The fourth-order valence-electron chi connectivity index (χ4n) is 2.80. The van der Waals surface area contributed by atoms with Crippen LogP contribution >= 0.6 is 11.8 Å². The number of urea groups is 1. The number of aromatic amines is 1. The SMILES string of the molecule is CCNC(=O)NC1C(=O)N2C(c3nn[nH]n3)C(C)(C)S[C@H]12. The van der Waals surface area contributed by atoms with E-state index in [1.54, 1.807) is 16.7 Å². The third-order valence-corrected chi connectivity index (χ3v) is 5.24. The molecule has 2 saturated heterocycles. The second-order valence-electron chi connectivity index (χ2n) is 5.51. The summed E-state index contributed by atoms with van der Waals surface area (Å²) in [7, 11) is 0. The van der Waals surface area contributed by atoms with Crippen LogP contribution in [0.4, 0.5) is 4.79 Å². The van der Waals surface area contributed by atoms with Gasteiger partial charge in [-0.15, -0.1) is 22.0 Å². The number of amides is 3. The summed E-state index contributed by atoms with van der Waals surface area (Å²) in [6, 6.07) is -1.07. The van der Waals surface area contributed by atoms with Gasteiger partial charge in [-0.3, -0.25) is 4.79 Å². The van der Waals surface area contributed by atoms with E-state index >= 15 is 0 Å². The summed E-state index contributed by atoms with van der Waals surface area (Å²) >= 11 is 1.64. The van der Waals surface area contributed by atoms with Crippen LogP contribution in [0, 0.1) is 0 Å². The van der Waals surface area contributed by atoms with Gasteiger partial charge in [0.25, 0.3) is 0 Å². The number of nitrogens with zero attached hydrogens (tertiary/aromatic N) is 4. The first kappa shape index (κ1) is 14.1. The molecule has 0 saturated carbocycles. The number of tetrazole rings is 1. The molecule has 21 heavy (non-hydrogen) atoms. The zero-order valence-corrected chi connectivity index (χ0v) is 12.8. The first-order chi connectivity index (χ1) is 9.95. The quantitative estimate of drug-likeness (QED) is 0.655. The topological polar surface area (TPSA) is 116 Å². The van der Waals surface area contributed by atoms with Crippen LogP contribution in [0.1, 0.15) is 32.6 Å². The number of fused-ring (bicyclic) bond motifs is 1. The Kier molecular flexibility index (Phi) is 3.27. The highest BCUT2D eigenvalue weighted by molar-refractivity contribution is 8.01. The minimum Gasteiger partial charge on any atom is -0.338 e. The van der Waals surface area contributed by atoms with Crippen LogP contribution < -0.4 is 10.6 Å². The maximum absolute atomic E-state index is 12.4. The lowest BCUT2D eigenvalue weighted by molar-refractivity contribution is -0.148. The Morgan fingerprint density at radius 3 is 2.90 bits per heavy atom. The molecule has 10 heteroatoms. The molecule has 0 aliphatic carbocycles. The molecule has 0 spiro atoms. The van der Waals surface area contributed by atoms with E-state index in [0.717, 1.165) is 0 Å². The number of thioether (sulfide) groups is 1. The van der Waals surface area contributed by atoms with Crippen LogP contribution in [0.2, 0.25) is 0 Å². The van der Waals surface area contributed by atoms with Crippen LogP contribution in [0.15, 0.2) is 0 Å². The summed E-state index contributed by atoms with van der Waals surface area (Å²) in [6.45, 7) is 6.42. The molecule has 1 aromatic rings.